The molecule has 1 aromatic carbocycles. The van der Waals surface area contributed by atoms with Crippen LogP contribution in [-0.4, -0.2) is 41.1 Å². The molecule has 0 unspecified atom stereocenters. The highest BCUT2D eigenvalue weighted by molar-refractivity contribution is 9.10. The molecule has 0 aromatic heterocycles. The second kappa shape index (κ2) is 7.33. The lowest BCUT2D eigenvalue weighted by Gasteiger charge is -2.37. The Morgan fingerprint density at radius 3 is 2.86 bits per heavy atom. The van der Waals surface area contributed by atoms with Gasteiger partial charge in [-0.3, -0.25) is 9.59 Å². The maximum absolute atomic E-state index is 12.3. The Morgan fingerprint density at radius 1 is 1.50 bits per heavy atom. The lowest BCUT2D eigenvalue weighted by atomic mass is 9.90. The van der Waals surface area contributed by atoms with Gasteiger partial charge in [0.25, 0.3) is 5.91 Å². The van der Waals surface area contributed by atoms with Gasteiger partial charge < -0.3 is 14.7 Å². The number of amides is 1. The molecule has 1 aromatic rings. The summed E-state index contributed by atoms with van der Waals surface area (Å²) >= 11 is 9.33. The van der Waals surface area contributed by atoms with Gasteiger partial charge in [0.1, 0.15) is 5.75 Å². The molecule has 1 saturated heterocycles. The van der Waals surface area contributed by atoms with Crippen LogP contribution >= 0.6 is 27.5 Å². The van der Waals surface area contributed by atoms with E-state index in [4.69, 9.17) is 16.3 Å². The van der Waals surface area contributed by atoms with Crippen molar-refractivity contribution in [1.82, 2.24) is 4.90 Å². The molecule has 5 nitrogen and oxygen atoms in total. The van der Waals surface area contributed by atoms with Crippen LogP contribution < -0.4 is 4.74 Å². The Kier molecular flexibility index (Phi) is 5.69. The summed E-state index contributed by atoms with van der Waals surface area (Å²) in [5.74, 6) is -1.18. The minimum absolute atomic E-state index is 0.155. The van der Waals surface area contributed by atoms with E-state index in [1.807, 2.05) is 0 Å². The van der Waals surface area contributed by atoms with Gasteiger partial charge in [-0.25, -0.2) is 0 Å². The first kappa shape index (κ1) is 17.1. The minimum Gasteiger partial charge on any atom is -0.482 e. The molecule has 0 aliphatic carbocycles. The fourth-order valence-electron chi connectivity index (χ4n) is 2.64. The Balaban J connectivity index is 1.98. The van der Waals surface area contributed by atoms with Gasteiger partial charge in [0, 0.05) is 17.1 Å². The summed E-state index contributed by atoms with van der Waals surface area (Å²) < 4.78 is 6.28. The molecular formula is C15H17BrClNO4. The molecule has 22 heavy (non-hydrogen) atoms. The van der Waals surface area contributed by atoms with E-state index in [2.05, 4.69) is 15.9 Å². The molecule has 1 aliphatic rings. The smallest absolute Gasteiger partial charge is 0.308 e. The van der Waals surface area contributed by atoms with Crippen molar-refractivity contribution in [2.24, 2.45) is 5.92 Å². The zero-order chi connectivity index (χ0) is 16.3. The molecule has 1 heterocycles. The van der Waals surface area contributed by atoms with Crippen LogP contribution in [0.25, 0.3) is 0 Å². The van der Waals surface area contributed by atoms with Crippen molar-refractivity contribution in [3.05, 3.63) is 27.7 Å². The van der Waals surface area contributed by atoms with Gasteiger partial charge in [-0.05, 0) is 38.0 Å². The maximum atomic E-state index is 12.3. The fraction of sp³-hybridized carbons (Fsp3) is 0.467. The first-order valence-electron chi connectivity index (χ1n) is 7.00. The molecule has 1 amide bonds. The van der Waals surface area contributed by atoms with E-state index in [9.17, 15) is 14.7 Å². The third-order valence-corrected chi connectivity index (χ3v) is 4.66. The van der Waals surface area contributed by atoms with E-state index in [1.165, 1.54) is 0 Å². The predicted molar refractivity (Wildman–Crippen MR) is 86.2 cm³/mol. The summed E-state index contributed by atoms with van der Waals surface area (Å²) in [7, 11) is 0. The molecule has 1 aliphatic heterocycles. The number of carbonyl (C=O) groups is 2. The fourth-order valence-corrected chi connectivity index (χ4v) is 3.37. The maximum Gasteiger partial charge on any atom is 0.308 e. The number of rotatable bonds is 4. The van der Waals surface area contributed by atoms with Crippen LogP contribution in [0.5, 0.6) is 5.75 Å². The molecule has 120 valence electrons. The Labute approximate surface area is 142 Å². The van der Waals surface area contributed by atoms with E-state index in [0.29, 0.717) is 30.2 Å². The van der Waals surface area contributed by atoms with Crippen molar-refractivity contribution in [3.63, 3.8) is 0 Å². The Bertz CT molecular complexity index is 581. The number of likely N-dealkylation sites (tertiary alicyclic amines) is 1. The normalized spacial score (nSPS) is 21.5. The first-order chi connectivity index (χ1) is 10.4. The van der Waals surface area contributed by atoms with Crippen molar-refractivity contribution in [3.8, 4) is 5.75 Å². The highest BCUT2D eigenvalue weighted by atomic mass is 79.9. The van der Waals surface area contributed by atoms with Crippen LogP contribution in [0.1, 0.15) is 19.8 Å². The lowest BCUT2D eigenvalue weighted by Crippen LogP contribution is -2.50. The number of hydrogen-bond donors (Lipinski definition) is 1. The van der Waals surface area contributed by atoms with Crippen LogP contribution in [-0.2, 0) is 9.59 Å². The second-order valence-corrected chi connectivity index (χ2v) is 6.60. The summed E-state index contributed by atoms with van der Waals surface area (Å²) in [6.45, 7) is 2.17. The SMILES string of the molecule is C[C@@H]1[C@H](C(=O)O)CCCN1C(=O)COc1ccc(Br)cc1Cl. The standard InChI is InChI=1S/C15H17BrClNO4/c1-9-11(15(20)21)3-2-6-18(9)14(19)8-22-13-5-4-10(16)7-12(13)17/h4-5,7,9,11H,2-3,6,8H2,1H3,(H,20,21)/t9-,11-/m1/s1. The Morgan fingerprint density at radius 2 is 2.23 bits per heavy atom. The van der Waals surface area contributed by atoms with Crippen LogP contribution in [0.2, 0.25) is 5.02 Å². The highest BCUT2D eigenvalue weighted by Crippen LogP contribution is 2.28. The first-order valence-corrected chi connectivity index (χ1v) is 8.17. The number of halogens is 2. The largest absolute Gasteiger partial charge is 0.482 e. The summed E-state index contributed by atoms with van der Waals surface area (Å²) in [5, 5.41) is 9.60. The number of piperidine rings is 1. The van der Waals surface area contributed by atoms with Crippen molar-refractivity contribution in [1.29, 1.82) is 0 Å². The van der Waals surface area contributed by atoms with E-state index < -0.39 is 11.9 Å². The topological polar surface area (TPSA) is 66.8 Å². The van der Waals surface area contributed by atoms with Crippen molar-refractivity contribution in [2.75, 3.05) is 13.2 Å². The Hall–Kier alpha value is -1.27. The van der Waals surface area contributed by atoms with E-state index in [1.54, 1.807) is 30.0 Å². The van der Waals surface area contributed by atoms with Gasteiger partial charge in [0.05, 0.1) is 10.9 Å². The van der Waals surface area contributed by atoms with Crippen LogP contribution in [0.4, 0.5) is 0 Å². The number of carboxylic acid groups (broad SMARTS) is 1. The zero-order valence-corrected chi connectivity index (χ0v) is 14.4. The molecule has 0 radical (unpaired) electrons. The van der Waals surface area contributed by atoms with Crippen molar-refractivity contribution >= 4 is 39.4 Å². The molecule has 1 N–H and O–H groups in total. The van der Waals surface area contributed by atoms with Gasteiger partial charge in [0.2, 0.25) is 0 Å². The zero-order valence-electron chi connectivity index (χ0n) is 12.1. The van der Waals surface area contributed by atoms with Gasteiger partial charge in [-0.1, -0.05) is 27.5 Å². The molecule has 7 heteroatoms. The van der Waals surface area contributed by atoms with E-state index >= 15 is 0 Å². The van der Waals surface area contributed by atoms with Crippen LogP contribution in [0, 0.1) is 5.92 Å². The number of carbonyl (C=O) groups excluding carboxylic acids is 1. The van der Waals surface area contributed by atoms with Crippen molar-refractivity contribution in [2.45, 2.75) is 25.8 Å². The number of ether oxygens (including phenoxy) is 1. The van der Waals surface area contributed by atoms with Gasteiger partial charge >= 0.3 is 5.97 Å². The summed E-state index contributed by atoms with van der Waals surface area (Å²) in [5.41, 5.74) is 0. The quantitative estimate of drug-likeness (QED) is 0.857. The summed E-state index contributed by atoms with van der Waals surface area (Å²) in [4.78, 5) is 25.1. The van der Waals surface area contributed by atoms with E-state index in [-0.39, 0.29) is 18.6 Å². The monoisotopic (exact) mass is 389 g/mol. The summed E-state index contributed by atoms with van der Waals surface area (Å²) in [6, 6.07) is 4.81. The molecule has 0 spiro atoms. The second-order valence-electron chi connectivity index (χ2n) is 5.28. The third kappa shape index (κ3) is 3.93. The number of aliphatic carboxylic acids is 1. The average Bonchev–Trinajstić information content (AvgIpc) is 2.46. The third-order valence-electron chi connectivity index (χ3n) is 3.87. The van der Waals surface area contributed by atoms with Crippen LogP contribution in [0.15, 0.2) is 22.7 Å². The molecule has 0 saturated carbocycles. The van der Waals surface area contributed by atoms with Gasteiger partial charge in [0.15, 0.2) is 6.61 Å². The van der Waals surface area contributed by atoms with Crippen LogP contribution in [0.3, 0.4) is 0 Å². The molecule has 2 rings (SSSR count). The molecule has 0 bridgehead atoms. The van der Waals surface area contributed by atoms with Crippen molar-refractivity contribution < 1.29 is 19.4 Å². The number of nitrogens with zero attached hydrogens (tertiary/aromatic N) is 1. The molecule has 2 atom stereocenters. The van der Waals surface area contributed by atoms with E-state index in [0.717, 1.165) is 4.47 Å². The predicted octanol–water partition coefficient (Wildman–Crippen LogP) is 3.19. The minimum atomic E-state index is -0.859. The van der Waals surface area contributed by atoms with Gasteiger partial charge in [-0.15, -0.1) is 0 Å². The number of hydrogen-bond acceptors (Lipinski definition) is 3. The lowest BCUT2D eigenvalue weighted by molar-refractivity contribution is -0.149. The highest BCUT2D eigenvalue weighted by Gasteiger charge is 2.35. The number of benzene rings is 1. The van der Waals surface area contributed by atoms with Gasteiger partial charge in [-0.2, -0.15) is 0 Å². The molecule has 1 fully saturated rings. The summed E-state index contributed by atoms with van der Waals surface area (Å²) in [6.07, 6.45) is 1.28. The number of carboxylic acids is 1. The molecular weight excluding hydrogens is 374 g/mol. The average molecular weight is 391 g/mol.